The second kappa shape index (κ2) is 6.87. The van der Waals surface area contributed by atoms with Crippen molar-refractivity contribution >= 4 is 17.4 Å². The lowest BCUT2D eigenvalue weighted by Gasteiger charge is -2.31. The molecule has 130 valence electrons. The molecule has 0 saturated carbocycles. The van der Waals surface area contributed by atoms with Crippen LogP contribution in [0.1, 0.15) is 47.2 Å². The second-order valence-electron chi connectivity index (χ2n) is 7.15. The van der Waals surface area contributed by atoms with Crippen LogP contribution in [0.3, 0.4) is 0 Å². The Morgan fingerprint density at radius 3 is 2.52 bits per heavy atom. The number of benzene rings is 1. The predicted octanol–water partition coefficient (Wildman–Crippen LogP) is 4.10. The van der Waals surface area contributed by atoms with E-state index in [2.05, 4.69) is 42.2 Å². The Morgan fingerprint density at radius 2 is 1.76 bits per heavy atom. The van der Waals surface area contributed by atoms with E-state index in [1.165, 1.54) is 23.2 Å². The number of carbonyl (C=O) groups is 1. The zero-order valence-corrected chi connectivity index (χ0v) is 14.9. The van der Waals surface area contributed by atoms with Crippen molar-refractivity contribution in [2.45, 2.75) is 39.0 Å². The number of aryl methyl sites for hydroxylation is 2. The molecule has 0 unspecified atom stereocenters. The fraction of sp³-hybridized carbons (Fsp3) is 0.429. The molecule has 4 nitrogen and oxygen atoms in total. The van der Waals surface area contributed by atoms with Crippen LogP contribution in [0, 0.1) is 6.92 Å². The van der Waals surface area contributed by atoms with Crippen molar-refractivity contribution in [2.24, 2.45) is 0 Å². The average Bonchev–Trinajstić information content (AvgIpc) is 2.68. The van der Waals surface area contributed by atoms with E-state index < -0.39 is 0 Å². The molecule has 4 heteroatoms. The molecule has 0 N–H and O–H groups in total. The van der Waals surface area contributed by atoms with E-state index in [1.54, 1.807) is 6.20 Å². The summed E-state index contributed by atoms with van der Waals surface area (Å²) in [5, 5.41) is 0. The summed E-state index contributed by atoms with van der Waals surface area (Å²) in [4.78, 5) is 21.7. The zero-order valence-electron chi connectivity index (χ0n) is 14.9. The molecule has 0 bridgehead atoms. The van der Waals surface area contributed by atoms with Crippen LogP contribution in [0.5, 0.6) is 0 Å². The van der Waals surface area contributed by atoms with Gasteiger partial charge < -0.3 is 9.80 Å². The summed E-state index contributed by atoms with van der Waals surface area (Å²) >= 11 is 0. The first-order valence-corrected chi connectivity index (χ1v) is 9.35. The molecule has 1 aromatic carbocycles. The summed E-state index contributed by atoms with van der Waals surface area (Å²) in [7, 11) is 0. The number of pyridine rings is 1. The molecule has 1 fully saturated rings. The smallest absolute Gasteiger partial charge is 0.255 e. The molecule has 1 saturated heterocycles. The third-order valence-electron chi connectivity index (χ3n) is 5.26. The Labute approximate surface area is 149 Å². The number of nitrogens with zero attached hydrogens (tertiary/aromatic N) is 3. The summed E-state index contributed by atoms with van der Waals surface area (Å²) < 4.78 is 0. The topological polar surface area (TPSA) is 36.4 Å². The number of piperidine rings is 1. The molecule has 4 rings (SSSR count). The molecular formula is C21H25N3O. The van der Waals surface area contributed by atoms with E-state index in [4.69, 9.17) is 4.98 Å². The highest BCUT2D eigenvalue weighted by atomic mass is 16.2. The molecule has 3 heterocycles. The fourth-order valence-electron chi connectivity index (χ4n) is 3.84. The van der Waals surface area contributed by atoms with E-state index in [0.29, 0.717) is 0 Å². The largest absolute Gasteiger partial charge is 0.339 e. The van der Waals surface area contributed by atoms with Gasteiger partial charge >= 0.3 is 0 Å². The molecule has 0 spiro atoms. The van der Waals surface area contributed by atoms with Crippen molar-refractivity contribution in [3.05, 3.63) is 53.2 Å². The van der Waals surface area contributed by atoms with Crippen molar-refractivity contribution in [2.75, 3.05) is 24.5 Å². The predicted molar refractivity (Wildman–Crippen MR) is 100 cm³/mol. The number of anilines is 2. The molecule has 0 radical (unpaired) electrons. The van der Waals surface area contributed by atoms with Gasteiger partial charge in [-0.25, -0.2) is 4.98 Å². The van der Waals surface area contributed by atoms with Crippen molar-refractivity contribution in [1.82, 2.24) is 9.88 Å². The normalized spacial score (nSPS) is 17.3. The highest BCUT2D eigenvalue weighted by Crippen LogP contribution is 2.32. The van der Waals surface area contributed by atoms with Gasteiger partial charge in [0.15, 0.2) is 0 Å². The molecule has 25 heavy (non-hydrogen) atoms. The monoisotopic (exact) mass is 335 g/mol. The quantitative estimate of drug-likeness (QED) is 0.829. The van der Waals surface area contributed by atoms with Crippen LogP contribution in [0.4, 0.5) is 11.5 Å². The number of fused-ring (bicyclic) bond motifs is 1. The van der Waals surface area contributed by atoms with E-state index in [9.17, 15) is 4.79 Å². The molecule has 2 aliphatic heterocycles. The molecule has 2 aromatic rings. The summed E-state index contributed by atoms with van der Waals surface area (Å²) in [6.45, 7) is 4.84. The lowest BCUT2D eigenvalue weighted by molar-refractivity contribution is 0.0724. The molecule has 0 aliphatic carbocycles. The van der Waals surface area contributed by atoms with Crippen LogP contribution in [-0.2, 0) is 6.42 Å². The maximum atomic E-state index is 12.7. The van der Waals surface area contributed by atoms with E-state index in [1.807, 2.05) is 4.90 Å². The molecule has 1 aromatic heterocycles. The van der Waals surface area contributed by atoms with Gasteiger partial charge in [-0.2, -0.15) is 0 Å². The first kappa shape index (κ1) is 16.1. The van der Waals surface area contributed by atoms with Crippen molar-refractivity contribution in [3.63, 3.8) is 0 Å². The Bertz CT molecular complexity index is 763. The molecule has 0 atom stereocenters. The van der Waals surface area contributed by atoms with E-state index in [-0.39, 0.29) is 5.91 Å². The van der Waals surface area contributed by atoms with Crippen molar-refractivity contribution in [1.29, 1.82) is 0 Å². The van der Waals surface area contributed by atoms with Crippen molar-refractivity contribution < 1.29 is 4.79 Å². The maximum absolute atomic E-state index is 12.7. The minimum Gasteiger partial charge on any atom is -0.339 e. The summed E-state index contributed by atoms with van der Waals surface area (Å²) in [5.74, 6) is 1.15. The van der Waals surface area contributed by atoms with Gasteiger partial charge in [0, 0.05) is 31.5 Å². The SMILES string of the molecule is Cc1ccc(N2CCCc3cc(C(=O)N4CCCCC4)cnc32)cc1. The van der Waals surface area contributed by atoms with Gasteiger partial charge in [0.25, 0.3) is 5.91 Å². The Hall–Kier alpha value is -2.36. The first-order valence-electron chi connectivity index (χ1n) is 9.35. The number of carbonyl (C=O) groups excluding carboxylic acids is 1. The van der Waals surface area contributed by atoms with Gasteiger partial charge in [0.05, 0.1) is 5.56 Å². The number of aromatic nitrogens is 1. The summed E-state index contributed by atoms with van der Waals surface area (Å²) in [5.41, 5.74) is 4.37. The van der Waals surface area contributed by atoms with Crippen LogP contribution in [0.25, 0.3) is 0 Å². The van der Waals surface area contributed by atoms with Crippen LogP contribution in [0.15, 0.2) is 36.5 Å². The molecular weight excluding hydrogens is 310 g/mol. The Morgan fingerprint density at radius 1 is 1.00 bits per heavy atom. The Kier molecular flexibility index (Phi) is 4.43. The number of rotatable bonds is 2. The lowest BCUT2D eigenvalue weighted by atomic mass is 10.0. The highest BCUT2D eigenvalue weighted by Gasteiger charge is 2.23. The number of hydrogen-bond donors (Lipinski definition) is 0. The molecule has 1 amide bonds. The van der Waals surface area contributed by atoms with Gasteiger partial charge in [-0.15, -0.1) is 0 Å². The van der Waals surface area contributed by atoms with Crippen LogP contribution in [0.2, 0.25) is 0 Å². The third kappa shape index (κ3) is 3.26. The van der Waals surface area contributed by atoms with Gasteiger partial charge in [0.1, 0.15) is 5.82 Å². The highest BCUT2D eigenvalue weighted by molar-refractivity contribution is 5.94. The summed E-state index contributed by atoms with van der Waals surface area (Å²) in [6, 6.07) is 10.6. The zero-order chi connectivity index (χ0) is 17.2. The van der Waals surface area contributed by atoms with Crippen molar-refractivity contribution in [3.8, 4) is 0 Å². The van der Waals surface area contributed by atoms with Gasteiger partial charge in [-0.05, 0) is 62.8 Å². The fourth-order valence-corrected chi connectivity index (χ4v) is 3.84. The Balaban J connectivity index is 1.61. The van der Waals surface area contributed by atoms with Gasteiger partial charge in [-0.1, -0.05) is 17.7 Å². The average molecular weight is 335 g/mol. The van der Waals surface area contributed by atoms with E-state index in [0.717, 1.165) is 56.7 Å². The van der Waals surface area contributed by atoms with Crippen LogP contribution < -0.4 is 4.90 Å². The maximum Gasteiger partial charge on any atom is 0.255 e. The number of hydrogen-bond acceptors (Lipinski definition) is 3. The van der Waals surface area contributed by atoms with Gasteiger partial charge in [0.2, 0.25) is 0 Å². The van der Waals surface area contributed by atoms with Crippen LogP contribution >= 0.6 is 0 Å². The number of likely N-dealkylation sites (tertiary alicyclic amines) is 1. The molecule has 2 aliphatic rings. The number of amides is 1. The lowest BCUT2D eigenvalue weighted by Crippen LogP contribution is -2.36. The standard InChI is InChI=1S/C21H25N3O/c1-16-7-9-19(10-8-16)24-13-5-6-17-14-18(15-22-20(17)24)21(25)23-11-3-2-4-12-23/h7-10,14-15H,2-6,11-13H2,1H3. The summed E-state index contributed by atoms with van der Waals surface area (Å²) in [6.07, 6.45) is 7.31. The minimum atomic E-state index is 0.141. The van der Waals surface area contributed by atoms with Gasteiger partial charge in [-0.3, -0.25) is 4.79 Å². The first-order chi connectivity index (χ1) is 12.2. The van der Waals surface area contributed by atoms with Crippen LogP contribution in [-0.4, -0.2) is 35.4 Å². The second-order valence-corrected chi connectivity index (χ2v) is 7.15. The van der Waals surface area contributed by atoms with E-state index >= 15 is 0 Å². The third-order valence-corrected chi connectivity index (χ3v) is 5.26. The minimum absolute atomic E-state index is 0.141.